The van der Waals surface area contributed by atoms with Crippen LogP contribution in [0.3, 0.4) is 0 Å². The fourth-order valence-corrected chi connectivity index (χ4v) is 3.21. The third kappa shape index (κ3) is 5.54. The Labute approximate surface area is 121 Å². The maximum absolute atomic E-state index is 12.3. The number of carbonyl (C=O) groups is 1. The molecule has 1 atom stereocenters. The van der Waals surface area contributed by atoms with E-state index in [0.29, 0.717) is 16.6 Å². The van der Waals surface area contributed by atoms with Crippen LogP contribution in [-0.2, 0) is 9.53 Å². The summed E-state index contributed by atoms with van der Waals surface area (Å²) in [6, 6.07) is 6.70. The van der Waals surface area contributed by atoms with Crippen LogP contribution in [0, 0.1) is 0 Å². The maximum Gasteiger partial charge on any atom is 0.490 e. The van der Waals surface area contributed by atoms with Crippen molar-refractivity contribution in [3.05, 3.63) is 34.9 Å². The van der Waals surface area contributed by atoms with Gasteiger partial charge in [-0.1, -0.05) is 43.4 Å². The second kappa shape index (κ2) is 6.18. The van der Waals surface area contributed by atoms with Gasteiger partial charge < -0.3 is 4.74 Å². The summed E-state index contributed by atoms with van der Waals surface area (Å²) >= 11 is 5.75. The number of hydrogen-bond acceptors (Lipinski definition) is 2. The van der Waals surface area contributed by atoms with Gasteiger partial charge in [0, 0.05) is 13.1 Å². The van der Waals surface area contributed by atoms with E-state index in [1.54, 1.807) is 24.3 Å². The van der Waals surface area contributed by atoms with Gasteiger partial charge >= 0.3 is 12.1 Å². The Bertz CT molecular complexity index is 466. The second-order valence-corrected chi connectivity index (χ2v) is 11.7. The lowest BCUT2D eigenvalue weighted by atomic mass is 10.1. The predicted molar refractivity (Wildman–Crippen MR) is 74.5 cm³/mol. The molecule has 1 rings (SSSR count). The van der Waals surface area contributed by atoms with E-state index < -0.39 is 26.3 Å². The summed E-state index contributed by atoms with van der Waals surface area (Å²) in [5.41, 5.74) is 0.523. The first-order valence-electron chi connectivity index (χ1n) is 6.02. The molecule has 0 aromatic heterocycles. The van der Waals surface area contributed by atoms with E-state index in [0.717, 1.165) is 0 Å². The number of alkyl halides is 3. The number of benzene rings is 1. The molecular weight excluding hydrogens is 309 g/mol. The molecule has 0 radical (unpaired) electrons. The van der Waals surface area contributed by atoms with Gasteiger partial charge in [0.2, 0.25) is 0 Å². The van der Waals surface area contributed by atoms with Gasteiger partial charge in [0.15, 0.2) is 0 Å². The van der Waals surface area contributed by atoms with Crippen LogP contribution < -0.4 is 0 Å². The van der Waals surface area contributed by atoms with Gasteiger partial charge in [-0.25, -0.2) is 4.79 Å². The summed E-state index contributed by atoms with van der Waals surface area (Å²) in [6.45, 7) is 5.99. The Morgan fingerprint density at radius 2 is 1.75 bits per heavy atom. The summed E-state index contributed by atoms with van der Waals surface area (Å²) in [7, 11) is -1.72. The van der Waals surface area contributed by atoms with E-state index >= 15 is 0 Å². The highest BCUT2D eigenvalue weighted by atomic mass is 35.5. The molecule has 0 fully saturated rings. The molecule has 0 aliphatic rings. The lowest BCUT2D eigenvalue weighted by Gasteiger charge is -2.25. The monoisotopic (exact) mass is 324 g/mol. The lowest BCUT2D eigenvalue weighted by Crippen LogP contribution is -2.31. The summed E-state index contributed by atoms with van der Waals surface area (Å²) in [6.07, 6.45) is -5.88. The van der Waals surface area contributed by atoms with Crippen LogP contribution in [0.25, 0.3) is 0 Å². The summed E-state index contributed by atoms with van der Waals surface area (Å²) < 4.78 is 41.7. The molecule has 0 aliphatic heterocycles. The molecule has 7 heteroatoms. The summed E-state index contributed by atoms with van der Waals surface area (Å²) in [5, 5.41) is 0.475. The van der Waals surface area contributed by atoms with E-state index in [9.17, 15) is 18.0 Å². The van der Waals surface area contributed by atoms with Gasteiger partial charge in [0.25, 0.3) is 0 Å². The first-order valence-corrected chi connectivity index (χ1v) is 10.1. The lowest BCUT2D eigenvalue weighted by molar-refractivity contribution is -0.204. The van der Waals surface area contributed by atoms with Crippen molar-refractivity contribution in [3.63, 3.8) is 0 Å². The molecule has 0 aliphatic carbocycles. The van der Waals surface area contributed by atoms with E-state index in [-0.39, 0.29) is 0 Å². The van der Waals surface area contributed by atoms with Crippen LogP contribution in [0.15, 0.2) is 24.3 Å². The van der Waals surface area contributed by atoms with Crippen LogP contribution in [0.1, 0.15) is 11.7 Å². The van der Waals surface area contributed by atoms with E-state index in [4.69, 9.17) is 11.6 Å². The smallest absolute Gasteiger partial charge is 0.451 e. The largest absolute Gasteiger partial charge is 0.490 e. The second-order valence-electron chi connectivity index (χ2n) is 5.71. The van der Waals surface area contributed by atoms with E-state index in [1.165, 1.54) is 0 Å². The molecule has 0 heterocycles. The minimum Gasteiger partial charge on any atom is -0.451 e. The Morgan fingerprint density at radius 3 is 2.15 bits per heavy atom. The van der Waals surface area contributed by atoms with Crippen LogP contribution in [0.4, 0.5) is 13.2 Å². The topological polar surface area (TPSA) is 26.3 Å². The fraction of sp³-hybridized carbons (Fsp3) is 0.462. The van der Waals surface area contributed by atoms with Crippen molar-refractivity contribution in [1.82, 2.24) is 0 Å². The number of ether oxygens (including phenoxy) is 1. The molecule has 0 saturated heterocycles. The van der Waals surface area contributed by atoms with Crippen molar-refractivity contribution in [3.8, 4) is 0 Å². The van der Waals surface area contributed by atoms with Crippen molar-refractivity contribution in [2.45, 2.75) is 38.0 Å². The molecule has 2 nitrogen and oxygen atoms in total. The zero-order valence-corrected chi connectivity index (χ0v) is 13.2. The molecule has 1 aromatic carbocycles. The first-order chi connectivity index (χ1) is 8.99. The van der Waals surface area contributed by atoms with Crippen LogP contribution >= 0.6 is 11.6 Å². The number of halogens is 4. The van der Waals surface area contributed by atoms with Crippen molar-refractivity contribution in [1.29, 1.82) is 0 Å². The normalized spacial score (nSPS) is 13.9. The third-order valence-electron chi connectivity index (χ3n) is 2.52. The minimum absolute atomic E-state index is 0.413. The number of esters is 1. The molecule has 0 bridgehead atoms. The van der Waals surface area contributed by atoms with Gasteiger partial charge in [-0.05, 0) is 23.7 Å². The summed E-state index contributed by atoms with van der Waals surface area (Å²) in [5.74, 6) is -2.16. The van der Waals surface area contributed by atoms with Crippen LogP contribution in [0.2, 0.25) is 30.7 Å². The van der Waals surface area contributed by atoms with E-state index in [1.807, 2.05) is 19.6 Å². The van der Waals surface area contributed by atoms with Gasteiger partial charge in [0.05, 0.1) is 0 Å². The van der Waals surface area contributed by atoms with Gasteiger partial charge in [-0.2, -0.15) is 13.2 Å². The highest BCUT2D eigenvalue weighted by molar-refractivity contribution is 6.76. The quantitative estimate of drug-likeness (QED) is 0.586. The van der Waals surface area contributed by atoms with Crippen molar-refractivity contribution >= 4 is 25.6 Å². The molecule has 1 unspecified atom stereocenters. The zero-order valence-electron chi connectivity index (χ0n) is 11.4. The summed E-state index contributed by atoms with van der Waals surface area (Å²) in [4.78, 5) is 11.0. The molecule has 0 spiro atoms. The SMILES string of the molecule is C[Si](C)(C)CC(OC(=O)C(F)(F)F)c1ccc(Cl)cc1. The van der Waals surface area contributed by atoms with Crippen molar-refractivity contribution in [2.75, 3.05) is 0 Å². The van der Waals surface area contributed by atoms with Crippen molar-refractivity contribution < 1.29 is 22.7 Å². The predicted octanol–water partition coefficient (Wildman–Crippen LogP) is 4.82. The molecule has 112 valence electrons. The fourth-order valence-electron chi connectivity index (χ4n) is 1.66. The zero-order chi connectivity index (χ0) is 15.6. The number of hydrogen-bond donors (Lipinski definition) is 0. The molecule has 0 saturated carbocycles. The molecule has 0 N–H and O–H groups in total. The molecular formula is C13H16ClF3O2Si. The van der Waals surface area contributed by atoms with Crippen molar-refractivity contribution in [2.24, 2.45) is 0 Å². The first kappa shape index (κ1) is 17.0. The van der Waals surface area contributed by atoms with Crippen LogP contribution in [0.5, 0.6) is 0 Å². The minimum atomic E-state index is -4.98. The Balaban J connectivity index is 2.97. The Kier molecular flexibility index (Phi) is 5.26. The standard InChI is InChI=1S/C13H16ClF3O2Si/c1-20(2,3)8-11(19-12(18)13(15,16)17)9-4-6-10(14)7-5-9/h4-7,11H,8H2,1-3H3. The third-order valence-corrected chi connectivity index (χ3v) is 4.37. The Hall–Kier alpha value is -1.01. The molecule has 20 heavy (non-hydrogen) atoms. The Morgan fingerprint density at radius 1 is 1.25 bits per heavy atom. The highest BCUT2D eigenvalue weighted by Gasteiger charge is 2.43. The number of carbonyl (C=O) groups excluding carboxylic acids is 1. The molecule has 1 aromatic rings. The van der Waals surface area contributed by atoms with Crippen LogP contribution in [-0.4, -0.2) is 20.2 Å². The maximum atomic E-state index is 12.3. The van der Waals surface area contributed by atoms with Gasteiger partial charge in [-0.3, -0.25) is 0 Å². The van der Waals surface area contributed by atoms with Gasteiger partial charge in [-0.15, -0.1) is 0 Å². The molecule has 0 amide bonds. The van der Waals surface area contributed by atoms with Gasteiger partial charge in [0.1, 0.15) is 6.10 Å². The average molecular weight is 325 g/mol. The highest BCUT2D eigenvalue weighted by Crippen LogP contribution is 2.31. The average Bonchev–Trinajstić information content (AvgIpc) is 2.25. The number of rotatable bonds is 4. The van der Waals surface area contributed by atoms with E-state index in [2.05, 4.69) is 4.74 Å².